The first-order chi connectivity index (χ1) is 13.3. The summed E-state index contributed by atoms with van der Waals surface area (Å²) < 4.78 is 57.8. The van der Waals surface area contributed by atoms with Crippen LogP contribution in [0.4, 0.5) is 8.78 Å². The molecule has 1 aromatic rings. The standard InChI is InChI=1S/C18H25F2N3O4S/c1-27-15-5-2-12(10-16(15)28(25,26)22-14-3-4-14)18(24)21-13-6-8-23(9-7-13)11-17(19)20/h2,5,10,13-14,17,22H,3-4,6-9,11H2,1H3,(H,21,24). The number of sulfonamides is 1. The topological polar surface area (TPSA) is 87.7 Å². The largest absolute Gasteiger partial charge is 0.495 e. The van der Waals surface area contributed by atoms with Gasteiger partial charge in [-0.1, -0.05) is 0 Å². The normalized spacial score (nSPS) is 19.0. The summed E-state index contributed by atoms with van der Waals surface area (Å²) in [6, 6.07) is 4.08. The molecule has 0 bridgehead atoms. The summed E-state index contributed by atoms with van der Waals surface area (Å²) >= 11 is 0. The lowest BCUT2D eigenvalue weighted by atomic mass is 10.0. The average molecular weight is 417 g/mol. The number of amides is 1. The van der Waals surface area contributed by atoms with Gasteiger partial charge in [0.05, 0.1) is 13.7 Å². The molecule has 1 aromatic carbocycles. The molecular weight excluding hydrogens is 392 g/mol. The third kappa shape index (κ3) is 5.39. The fourth-order valence-corrected chi connectivity index (χ4v) is 4.74. The van der Waals surface area contributed by atoms with Gasteiger partial charge >= 0.3 is 0 Å². The maximum absolute atomic E-state index is 12.6. The molecule has 7 nitrogen and oxygen atoms in total. The molecule has 0 unspecified atom stereocenters. The van der Waals surface area contributed by atoms with Gasteiger partial charge in [-0.2, -0.15) is 0 Å². The molecular formula is C18H25F2N3O4S. The van der Waals surface area contributed by atoms with Crippen LogP contribution in [0.5, 0.6) is 5.75 Å². The van der Waals surface area contributed by atoms with Crippen molar-refractivity contribution in [3.05, 3.63) is 23.8 Å². The Balaban J connectivity index is 1.66. The van der Waals surface area contributed by atoms with Crippen LogP contribution in [0, 0.1) is 0 Å². The smallest absolute Gasteiger partial charge is 0.251 e. The number of carbonyl (C=O) groups is 1. The minimum Gasteiger partial charge on any atom is -0.495 e. The summed E-state index contributed by atoms with van der Waals surface area (Å²) in [5, 5.41) is 2.87. The summed E-state index contributed by atoms with van der Waals surface area (Å²) in [7, 11) is -2.41. The number of hydrogen-bond donors (Lipinski definition) is 2. The summed E-state index contributed by atoms with van der Waals surface area (Å²) in [4.78, 5) is 14.2. The highest BCUT2D eigenvalue weighted by Gasteiger charge is 2.30. The molecule has 1 aliphatic heterocycles. The molecule has 10 heteroatoms. The predicted molar refractivity (Wildman–Crippen MR) is 99.3 cm³/mol. The number of likely N-dealkylation sites (tertiary alicyclic amines) is 1. The van der Waals surface area contributed by atoms with Gasteiger partial charge < -0.3 is 10.1 Å². The summed E-state index contributed by atoms with van der Waals surface area (Å²) in [5.41, 5.74) is 0.215. The predicted octanol–water partition coefficient (Wildman–Crippen LogP) is 1.60. The Labute approximate surface area is 163 Å². The molecule has 3 rings (SSSR count). The van der Waals surface area contributed by atoms with Crippen molar-refractivity contribution in [2.45, 2.75) is 49.1 Å². The van der Waals surface area contributed by atoms with Gasteiger partial charge in [0.15, 0.2) is 0 Å². The number of nitrogens with one attached hydrogen (secondary N) is 2. The Morgan fingerprint density at radius 1 is 1.21 bits per heavy atom. The number of benzene rings is 1. The highest BCUT2D eigenvalue weighted by Crippen LogP contribution is 2.28. The van der Waals surface area contributed by atoms with Crippen LogP contribution in [-0.2, 0) is 10.0 Å². The fraction of sp³-hybridized carbons (Fsp3) is 0.611. The van der Waals surface area contributed by atoms with Gasteiger partial charge in [0.25, 0.3) is 12.3 Å². The van der Waals surface area contributed by atoms with Gasteiger partial charge in [-0.15, -0.1) is 0 Å². The first-order valence-electron chi connectivity index (χ1n) is 9.30. The highest BCUT2D eigenvalue weighted by atomic mass is 32.2. The molecule has 1 amide bonds. The molecule has 1 saturated heterocycles. The van der Waals surface area contributed by atoms with Crippen LogP contribution in [0.1, 0.15) is 36.0 Å². The van der Waals surface area contributed by atoms with E-state index in [-0.39, 0.29) is 34.8 Å². The van der Waals surface area contributed by atoms with Gasteiger partial charge in [0.2, 0.25) is 10.0 Å². The number of carbonyl (C=O) groups excluding carboxylic acids is 1. The van der Waals surface area contributed by atoms with E-state index in [4.69, 9.17) is 4.74 Å². The van der Waals surface area contributed by atoms with Gasteiger partial charge in [-0.3, -0.25) is 9.69 Å². The summed E-state index contributed by atoms with van der Waals surface area (Å²) in [5.74, 6) is -0.220. The zero-order valence-electron chi connectivity index (χ0n) is 15.7. The molecule has 0 radical (unpaired) electrons. The second kappa shape index (κ2) is 8.71. The minimum atomic E-state index is -3.78. The number of methoxy groups -OCH3 is 1. The second-order valence-electron chi connectivity index (χ2n) is 7.20. The van der Waals surface area contributed by atoms with Crippen molar-refractivity contribution in [2.75, 3.05) is 26.7 Å². The third-order valence-electron chi connectivity index (χ3n) is 4.93. The molecule has 0 aromatic heterocycles. The quantitative estimate of drug-likeness (QED) is 0.671. The first kappa shape index (κ1) is 20.9. The molecule has 1 aliphatic carbocycles. The van der Waals surface area contributed by atoms with Crippen LogP contribution in [0.25, 0.3) is 0 Å². The Morgan fingerprint density at radius 3 is 2.46 bits per heavy atom. The molecule has 1 saturated carbocycles. The van der Waals surface area contributed by atoms with E-state index in [1.165, 1.54) is 25.3 Å². The third-order valence-corrected chi connectivity index (χ3v) is 6.48. The maximum atomic E-state index is 12.6. The lowest BCUT2D eigenvalue weighted by Crippen LogP contribution is -2.45. The van der Waals surface area contributed by atoms with Crippen LogP contribution in [-0.4, -0.2) is 64.5 Å². The zero-order chi connectivity index (χ0) is 20.3. The Morgan fingerprint density at radius 2 is 1.89 bits per heavy atom. The van der Waals surface area contributed by atoms with Crippen molar-refractivity contribution in [1.29, 1.82) is 0 Å². The molecule has 0 atom stereocenters. The van der Waals surface area contributed by atoms with E-state index in [0.29, 0.717) is 25.9 Å². The number of piperidine rings is 1. The SMILES string of the molecule is COc1ccc(C(=O)NC2CCN(CC(F)F)CC2)cc1S(=O)(=O)NC1CC1. The van der Waals surface area contributed by atoms with Crippen molar-refractivity contribution in [2.24, 2.45) is 0 Å². The van der Waals surface area contributed by atoms with Crippen LogP contribution in [0.15, 0.2) is 23.1 Å². The van der Waals surface area contributed by atoms with Gasteiger partial charge in [0, 0.05) is 30.7 Å². The van der Waals surface area contributed by atoms with E-state index < -0.39 is 22.4 Å². The van der Waals surface area contributed by atoms with Gasteiger partial charge in [-0.25, -0.2) is 21.9 Å². The molecule has 156 valence electrons. The molecule has 0 spiro atoms. The van der Waals surface area contributed by atoms with Crippen molar-refractivity contribution < 1.29 is 26.7 Å². The van der Waals surface area contributed by atoms with E-state index in [0.717, 1.165) is 12.8 Å². The number of nitrogens with zero attached hydrogens (tertiary/aromatic N) is 1. The number of alkyl halides is 2. The van der Waals surface area contributed by atoms with E-state index >= 15 is 0 Å². The fourth-order valence-electron chi connectivity index (χ4n) is 3.24. The average Bonchev–Trinajstić information content (AvgIpc) is 3.45. The van der Waals surface area contributed by atoms with Crippen LogP contribution in [0.2, 0.25) is 0 Å². The van der Waals surface area contributed by atoms with Crippen molar-refractivity contribution in [3.8, 4) is 5.75 Å². The lowest BCUT2D eigenvalue weighted by molar-refractivity contribution is 0.0696. The van der Waals surface area contributed by atoms with Crippen molar-refractivity contribution in [1.82, 2.24) is 14.9 Å². The Bertz CT molecular complexity index is 807. The number of ether oxygens (including phenoxy) is 1. The zero-order valence-corrected chi connectivity index (χ0v) is 16.5. The molecule has 1 heterocycles. The number of halogens is 2. The second-order valence-corrected chi connectivity index (χ2v) is 8.88. The van der Waals surface area contributed by atoms with Crippen molar-refractivity contribution in [3.63, 3.8) is 0 Å². The minimum absolute atomic E-state index is 0.0642. The van der Waals surface area contributed by atoms with Crippen molar-refractivity contribution >= 4 is 15.9 Å². The Kier molecular flexibility index (Phi) is 6.51. The number of rotatable bonds is 8. The maximum Gasteiger partial charge on any atom is 0.251 e. The molecule has 2 N–H and O–H groups in total. The molecule has 28 heavy (non-hydrogen) atoms. The lowest BCUT2D eigenvalue weighted by Gasteiger charge is -2.32. The van der Waals surface area contributed by atoms with Gasteiger partial charge in [-0.05, 0) is 43.9 Å². The first-order valence-corrected chi connectivity index (χ1v) is 10.8. The van der Waals surface area contributed by atoms with Gasteiger partial charge in [0.1, 0.15) is 10.6 Å². The molecule has 2 aliphatic rings. The number of hydrogen-bond acceptors (Lipinski definition) is 5. The van der Waals surface area contributed by atoms with Crippen LogP contribution >= 0.6 is 0 Å². The monoisotopic (exact) mass is 417 g/mol. The van der Waals surface area contributed by atoms with Crippen LogP contribution < -0.4 is 14.8 Å². The Hall–Kier alpha value is -1.78. The summed E-state index contributed by atoms with van der Waals surface area (Å²) in [6.07, 6.45) is 0.374. The van der Waals surface area contributed by atoms with E-state index in [1.807, 2.05) is 0 Å². The summed E-state index contributed by atoms with van der Waals surface area (Å²) in [6.45, 7) is 0.722. The molecule has 2 fully saturated rings. The van der Waals surface area contributed by atoms with E-state index in [2.05, 4.69) is 10.0 Å². The van der Waals surface area contributed by atoms with Crippen LogP contribution in [0.3, 0.4) is 0 Å². The van der Waals surface area contributed by atoms with E-state index in [1.54, 1.807) is 4.90 Å². The van der Waals surface area contributed by atoms with E-state index in [9.17, 15) is 22.0 Å². The highest BCUT2D eigenvalue weighted by molar-refractivity contribution is 7.89.